The van der Waals surface area contributed by atoms with Gasteiger partial charge in [-0.15, -0.1) is 0 Å². The normalized spacial score (nSPS) is 27.4. The van der Waals surface area contributed by atoms with Gasteiger partial charge in [-0.2, -0.15) is 10.1 Å². The molecule has 4 bridgehead atoms. The van der Waals surface area contributed by atoms with Gasteiger partial charge in [0.15, 0.2) is 11.5 Å². The second-order valence-electron chi connectivity index (χ2n) is 30.4. The average Bonchev–Trinajstić information content (AvgIpc) is 1.54. The molecular weight excluding hydrogens is 1310 g/mol. The SMILES string of the molecule is C.COc1c(CN2O[C@@H](CO)[C@H]([C@H](C)O)[C@H]2C(=O)N[C@H]2CC3C[C@@H]([C@@H]2C)C3(C)C)cccc1-c1cc2c(c(C(=O)NCCc3ccccc3)c1)OCO2.COc1c(CN2O[C@@H](CO)[C@H]([C@H](C)O)[C@H]2C(=O)N[C@H]2C[C@H]3C[C@@H]([C@@H]2C)C3(C)C)cccc1-c1ccc(F)c(C(=O)NCCc2ccccc2)c1. The Hall–Kier alpha value is -7.99. The van der Waals surface area contributed by atoms with E-state index in [0.29, 0.717) is 118 Å². The predicted octanol–water partition coefficient (Wildman–Crippen LogP) is 10.5. The highest BCUT2D eigenvalue weighted by Gasteiger charge is 2.59. The second-order valence-corrected chi connectivity index (χ2v) is 30.4. The van der Waals surface area contributed by atoms with Gasteiger partial charge in [-0.1, -0.05) is 152 Å². The van der Waals surface area contributed by atoms with Crippen molar-refractivity contribution in [2.75, 3.05) is 47.3 Å². The van der Waals surface area contributed by atoms with Gasteiger partial charge < -0.3 is 60.6 Å². The van der Waals surface area contributed by atoms with Crippen molar-refractivity contribution >= 4 is 23.6 Å². The number of halogens is 1. The molecule has 6 aliphatic carbocycles. The maximum absolute atomic E-state index is 15.0. The molecule has 8 N–H and O–H groups in total. The number of aliphatic hydroxyl groups is 4. The van der Waals surface area contributed by atoms with Crippen LogP contribution in [0.2, 0.25) is 0 Å². The minimum atomic E-state index is -0.922. The molecule has 16 atom stereocenters. The van der Waals surface area contributed by atoms with Crippen LogP contribution in [0.3, 0.4) is 0 Å². The molecular formula is C82H105FN6O14. The van der Waals surface area contributed by atoms with E-state index in [1.807, 2.05) is 103 Å². The van der Waals surface area contributed by atoms with Gasteiger partial charge in [-0.25, -0.2) is 4.39 Å². The Kier molecular flexibility index (Phi) is 23.8. The van der Waals surface area contributed by atoms with Crippen molar-refractivity contribution < 1.29 is 72.6 Å². The first kappa shape index (κ1) is 76.1. The van der Waals surface area contributed by atoms with Crippen LogP contribution >= 0.6 is 0 Å². The summed E-state index contributed by atoms with van der Waals surface area (Å²) in [6.07, 6.45) is 2.14. The topological polar surface area (TPSA) is 259 Å². The van der Waals surface area contributed by atoms with Crippen molar-refractivity contribution in [3.8, 4) is 45.3 Å². The lowest BCUT2D eigenvalue weighted by atomic mass is 9.45. The molecule has 6 saturated carbocycles. The number of aliphatic hydroxyl groups excluding tert-OH is 4. The fourth-order valence-corrected chi connectivity index (χ4v) is 18.0. The summed E-state index contributed by atoms with van der Waals surface area (Å²) in [6, 6.07) is 37.2. The maximum atomic E-state index is 15.0. The molecule has 6 aromatic carbocycles. The zero-order valence-electron chi connectivity index (χ0n) is 60.2. The van der Waals surface area contributed by atoms with Crippen LogP contribution < -0.4 is 40.2 Å². The molecule has 8 fully saturated rings. The van der Waals surface area contributed by atoms with Crippen LogP contribution in [0.4, 0.5) is 4.39 Å². The van der Waals surface area contributed by atoms with Crippen LogP contribution in [0.15, 0.2) is 127 Å². The van der Waals surface area contributed by atoms with E-state index < -0.39 is 60.1 Å². The molecule has 21 heteroatoms. The number of para-hydroxylation sites is 2. The molecule has 9 aliphatic rings. The van der Waals surface area contributed by atoms with Gasteiger partial charge in [-0.05, 0) is 145 Å². The molecule has 3 heterocycles. The lowest BCUT2D eigenvalue weighted by Gasteiger charge is -2.62. The van der Waals surface area contributed by atoms with E-state index in [-0.39, 0.29) is 86.7 Å². The number of nitrogens with zero attached hydrogens (tertiary/aromatic N) is 2. The number of benzene rings is 6. The van der Waals surface area contributed by atoms with Gasteiger partial charge in [0.1, 0.15) is 41.6 Å². The summed E-state index contributed by atoms with van der Waals surface area (Å²) in [7, 11) is 3.11. The zero-order chi connectivity index (χ0) is 72.5. The van der Waals surface area contributed by atoms with Crippen LogP contribution in [-0.4, -0.2) is 150 Å². The quantitative estimate of drug-likeness (QED) is 0.0280. The third kappa shape index (κ3) is 15.4. The number of hydroxylamine groups is 4. The number of fused-ring (bicyclic) bond motifs is 5. The number of methoxy groups -OCH3 is 2. The first-order valence-corrected chi connectivity index (χ1v) is 36.2. The van der Waals surface area contributed by atoms with Gasteiger partial charge in [-0.3, -0.25) is 28.9 Å². The van der Waals surface area contributed by atoms with Crippen LogP contribution in [0.5, 0.6) is 23.0 Å². The van der Waals surface area contributed by atoms with Crippen molar-refractivity contribution in [3.05, 3.63) is 167 Å². The monoisotopic (exact) mass is 1420 g/mol. The molecule has 0 spiro atoms. The standard InChI is InChI=1S/C41H51N3O8.C40H50FN3O6.CH4/c1-23-31-18-28(41(31,3)4)19-32(23)43-40(48)36-35(24(2)46)34(21-45)52-44(36)20-26-12-9-13-29(37(26)49-5)27-16-30(38-33(17-27)50-22-51-38)39(47)42-15-14-25-10-7-6-8-11-25;1-23-31-19-28(40(31,3)4)20-33(23)43-39(48)36-35(24(2)46)34(22-45)50-44(36)21-27-12-9-13-29(37(27)49-5)26-14-15-32(41)30(18-26)38(47)42-17-16-25-10-7-6-8-11-25;/h6-13,16-17,23-24,28,31-32,34-36,45-46H,14-15,18-22H2,1-5H3,(H,42,47)(H,43,48);6-15,18,23-24,28,31,33-36,45-46H,16-17,19-22H2,1-5H3,(H,42,47)(H,43,48);1H4/t23-,24-,28?,31-,32-,34-,35-,36-;23-,24-,28+,31-,33-,34-,35-,36-;/m00./s1. The van der Waals surface area contributed by atoms with Crippen LogP contribution in [-0.2, 0) is 45.2 Å². The summed E-state index contributed by atoms with van der Waals surface area (Å²) in [6.45, 7) is 17.3. The molecule has 0 radical (unpaired) electrons. The van der Waals surface area contributed by atoms with Gasteiger partial charge in [0.25, 0.3) is 11.8 Å². The predicted molar refractivity (Wildman–Crippen MR) is 390 cm³/mol. The molecule has 2 saturated heterocycles. The molecule has 15 rings (SSSR count). The highest BCUT2D eigenvalue weighted by molar-refractivity contribution is 6.00. The fraction of sp³-hybridized carbons (Fsp3) is 0.512. The number of carbonyl (C=O) groups excluding carboxylic acids is 4. The van der Waals surface area contributed by atoms with Crippen LogP contribution in [0.1, 0.15) is 131 Å². The average molecular weight is 1420 g/mol. The molecule has 0 aromatic heterocycles. The van der Waals surface area contributed by atoms with Crippen LogP contribution in [0, 0.1) is 64.0 Å². The third-order valence-corrected chi connectivity index (χ3v) is 24.0. The minimum Gasteiger partial charge on any atom is -0.496 e. The Morgan fingerprint density at radius 2 is 1.03 bits per heavy atom. The number of amides is 4. The first-order chi connectivity index (χ1) is 48.9. The number of carbonyl (C=O) groups is 4. The highest BCUT2D eigenvalue weighted by Crippen LogP contribution is 2.62. The fourth-order valence-electron chi connectivity index (χ4n) is 18.0. The van der Waals surface area contributed by atoms with E-state index in [9.17, 15) is 44.0 Å². The van der Waals surface area contributed by atoms with E-state index in [1.54, 1.807) is 43.2 Å². The van der Waals surface area contributed by atoms with Crippen molar-refractivity contribution in [2.24, 2.45) is 58.2 Å². The van der Waals surface area contributed by atoms with Gasteiger partial charge in [0.05, 0.1) is 63.9 Å². The lowest BCUT2D eigenvalue weighted by molar-refractivity contribution is -0.183. The number of ether oxygens (including phenoxy) is 4. The van der Waals surface area contributed by atoms with E-state index in [4.69, 9.17) is 28.6 Å². The van der Waals surface area contributed by atoms with Gasteiger partial charge in [0.2, 0.25) is 18.6 Å². The highest BCUT2D eigenvalue weighted by atomic mass is 19.1. The Morgan fingerprint density at radius 1 is 0.583 bits per heavy atom. The van der Waals surface area contributed by atoms with E-state index in [1.165, 1.54) is 32.1 Å². The molecule has 4 amide bonds. The Bertz CT molecular complexity index is 3970. The Labute approximate surface area is 605 Å². The summed E-state index contributed by atoms with van der Waals surface area (Å²) >= 11 is 0. The van der Waals surface area contributed by atoms with Crippen molar-refractivity contribution in [1.29, 1.82) is 0 Å². The smallest absolute Gasteiger partial charge is 0.255 e. The third-order valence-electron chi connectivity index (χ3n) is 24.0. The van der Waals surface area contributed by atoms with Crippen molar-refractivity contribution in [3.63, 3.8) is 0 Å². The second kappa shape index (κ2) is 32.2. The largest absolute Gasteiger partial charge is 0.496 e. The maximum Gasteiger partial charge on any atom is 0.255 e. The molecule has 3 aliphatic heterocycles. The summed E-state index contributed by atoms with van der Waals surface area (Å²) < 4.78 is 38.4. The molecule has 20 nitrogen and oxygen atoms in total. The minimum absolute atomic E-state index is 0. The summed E-state index contributed by atoms with van der Waals surface area (Å²) in [5, 5.41) is 57.9. The molecule has 1 unspecified atom stereocenters. The first-order valence-electron chi connectivity index (χ1n) is 36.2. The molecule has 554 valence electrons. The number of hydrogen-bond acceptors (Lipinski definition) is 16. The summed E-state index contributed by atoms with van der Waals surface area (Å²) in [5.41, 5.74) is 7.03. The number of rotatable bonds is 24. The number of nitrogens with one attached hydrogen (secondary N) is 4. The van der Waals surface area contributed by atoms with Crippen LogP contribution in [0.25, 0.3) is 22.3 Å². The lowest BCUT2D eigenvalue weighted by Crippen LogP contribution is -2.62. The Morgan fingerprint density at radius 3 is 1.46 bits per heavy atom. The van der Waals surface area contributed by atoms with E-state index >= 15 is 0 Å². The summed E-state index contributed by atoms with van der Waals surface area (Å²) in [4.78, 5) is 67.3. The zero-order valence-corrected chi connectivity index (χ0v) is 60.2. The van der Waals surface area contributed by atoms with Gasteiger partial charge in [0, 0.05) is 59.3 Å². The Balaban J connectivity index is 0.000000205. The number of hydrogen-bond donors (Lipinski definition) is 8. The summed E-state index contributed by atoms with van der Waals surface area (Å²) in [5.74, 6) is 1.52. The molecule has 6 aromatic rings. The van der Waals surface area contributed by atoms with Crippen molar-refractivity contribution in [2.45, 2.75) is 163 Å². The van der Waals surface area contributed by atoms with Crippen molar-refractivity contribution in [1.82, 2.24) is 31.4 Å². The van der Waals surface area contributed by atoms with Gasteiger partial charge >= 0.3 is 0 Å². The molecule has 103 heavy (non-hydrogen) atoms. The van der Waals surface area contributed by atoms with E-state index in [0.717, 1.165) is 29.5 Å². The van der Waals surface area contributed by atoms with E-state index in [2.05, 4.69) is 62.8 Å².